The molecule has 1 saturated carbocycles. The molecule has 14 nitrogen and oxygen atoms in total. The molecule has 1 atom stereocenters. The number of rotatable bonds is 11. The molecule has 4 fully saturated rings. The van der Waals surface area contributed by atoms with Crippen molar-refractivity contribution in [2.75, 3.05) is 55.7 Å². The van der Waals surface area contributed by atoms with Gasteiger partial charge in [-0.3, -0.25) is 44.0 Å². The molecule has 4 amide bonds. The fourth-order valence-electron chi connectivity index (χ4n) is 9.06. The second-order valence-corrected chi connectivity index (χ2v) is 16.9. The van der Waals surface area contributed by atoms with Crippen LogP contribution in [0.3, 0.4) is 0 Å². The number of Topliss-reactive ketones (excluding diaryl/α,β-unsaturated/α-hetero) is 1. The molecule has 1 N–H and O–H groups in total. The number of fused-ring (bicyclic) bond motifs is 1. The smallest absolute Gasteiger partial charge is 0.377 e. The van der Waals surface area contributed by atoms with Gasteiger partial charge < -0.3 is 9.64 Å². The lowest BCUT2D eigenvalue weighted by Crippen LogP contribution is -2.60. The number of aryl methyl sites for hydroxylation is 1. The zero-order valence-corrected chi connectivity index (χ0v) is 35.0. The van der Waals surface area contributed by atoms with E-state index in [-0.39, 0.29) is 75.1 Å². The fourth-order valence-corrected chi connectivity index (χ4v) is 9.62. The largest absolute Gasteiger partial charge is 0.417 e. The number of carbonyl (C=O) groups excluding carboxylic acids is 4. The minimum Gasteiger partial charge on any atom is -0.377 e. The van der Waals surface area contributed by atoms with Crippen molar-refractivity contribution in [3.63, 3.8) is 0 Å². The maximum atomic E-state index is 14.5. The Kier molecular flexibility index (Phi) is 12.4. The number of thiocarbonyl (C=S) groups is 1. The number of hydrogen-bond acceptors (Lipinski definition) is 10. The van der Waals surface area contributed by atoms with Gasteiger partial charge in [-0.15, -0.1) is 0 Å². The highest BCUT2D eigenvalue weighted by atomic mass is 32.1. The molecule has 3 aromatic rings. The Balaban J connectivity index is 0.910. The van der Waals surface area contributed by atoms with Gasteiger partial charge in [-0.25, -0.2) is 4.79 Å². The number of halogens is 6. The lowest BCUT2D eigenvalue weighted by atomic mass is 9.89. The van der Waals surface area contributed by atoms with E-state index in [0.717, 1.165) is 21.9 Å². The Hall–Kier alpha value is -5.17. The molecule has 1 aliphatic carbocycles. The number of carbonyl (C=O) groups is 4. The predicted octanol–water partition coefficient (Wildman–Crippen LogP) is 5.31. The molecule has 0 bridgehead atoms. The van der Waals surface area contributed by atoms with Gasteiger partial charge in [0.2, 0.25) is 5.91 Å². The lowest BCUT2D eigenvalue weighted by molar-refractivity contribution is -0.197. The van der Waals surface area contributed by atoms with Crippen LogP contribution in [0.2, 0.25) is 0 Å². The van der Waals surface area contributed by atoms with Crippen molar-refractivity contribution in [1.82, 2.24) is 29.8 Å². The Bertz CT molecular complexity index is 2320. The highest BCUT2D eigenvalue weighted by Crippen LogP contribution is 2.41. The van der Waals surface area contributed by atoms with E-state index < -0.39 is 65.2 Å². The molecule has 0 unspecified atom stereocenters. The molecule has 3 aliphatic heterocycles. The lowest BCUT2D eigenvalue weighted by Gasteiger charge is -2.42. The summed E-state index contributed by atoms with van der Waals surface area (Å²) in [6.07, 6.45) is -7.47. The Morgan fingerprint density at radius 3 is 2.42 bits per heavy atom. The van der Waals surface area contributed by atoms with Gasteiger partial charge in [-0.1, -0.05) is 12.1 Å². The molecule has 4 heterocycles. The molecule has 332 valence electrons. The number of nitrogens with zero attached hydrogens (tertiary/aromatic N) is 8. The van der Waals surface area contributed by atoms with Crippen LogP contribution in [-0.4, -0.2) is 129 Å². The van der Waals surface area contributed by atoms with Crippen LogP contribution in [0.4, 0.5) is 42.6 Å². The molecular formula is C41H45F6N9O5S. The van der Waals surface area contributed by atoms with Gasteiger partial charge >= 0.3 is 18.4 Å². The third kappa shape index (κ3) is 8.87. The number of hydrogen-bond donors (Lipinski definition) is 1. The zero-order valence-electron chi connectivity index (χ0n) is 34.2. The van der Waals surface area contributed by atoms with E-state index in [4.69, 9.17) is 17.0 Å². The molecular weight excluding hydrogens is 845 g/mol. The van der Waals surface area contributed by atoms with Crippen molar-refractivity contribution in [3.05, 3.63) is 53.1 Å². The van der Waals surface area contributed by atoms with Crippen molar-refractivity contribution in [3.8, 4) is 6.07 Å². The monoisotopic (exact) mass is 889 g/mol. The van der Waals surface area contributed by atoms with E-state index >= 15 is 0 Å². The number of aromatic nitrogens is 2. The van der Waals surface area contributed by atoms with Crippen LogP contribution in [-0.2, 0) is 38.8 Å². The number of anilines is 2. The second kappa shape index (κ2) is 17.2. The van der Waals surface area contributed by atoms with Crippen LogP contribution in [0.15, 0.2) is 36.4 Å². The van der Waals surface area contributed by atoms with E-state index in [1.54, 1.807) is 48.9 Å². The van der Waals surface area contributed by atoms with Gasteiger partial charge in [-0.2, -0.15) is 36.7 Å². The number of alkyl halides is 6. The molecule has 62 heavy (non-hydrogen) atoms. The number of piperazine rings is 1. The third-order valence-electron chi connectivity index (χ3n) is 12.1. The van der Waals surface area contributed by atoms with Gasteiger partial charge in [0, 0.05) is 64.0 Å². The molecule has 2 aromatic carbocycles. The normalized spacial score (nSPS) is 23.0. The number of ether oxygens (including phenoxy) is 1. The highest BCUT2D eigenvalue weighted by Gasteiger charge is 2.53. The average molecular weight is 890 g/mol. The maximum absolute atomic E-state index is 14.5. The van der Waals surface area contributed by atoms with Crippen LogP contribution in [0, 0.1) is 11.3 Å². The molecule has 7 rings (SSSR count). The fraction of sp³-hybridized carbons (Fsp3) is 0.537. The van der Waals surface area contributed by atoms with Crippen molar-refractivity contribution in [2.24, 2.45) is 7.05 Å². The highest BCUT2D eigenvalue weighted by molar-refractivity contribution is 7.80. The van der Waals surface area contributed by atoms with Crippen LogP contribution < -0.4 is 15.1 Å². The van der Waals surface area contributed by atoms with Crippen LogP contribution >= 0.6 is 12.2 Å². The molecule has 1 aromatic heterocycles. The summed E-state index contributed by atoms with van der Waals surface area (Å²) in [5.74, 6) is -0.998. The number of imide groups is 1. The first-order chi connectivity index (χ1) is 29.2. The molecule has 3 saturated heterocycles. The van der Waals surface area contributed by atoms with E-state index in [2.05, 4.69) is 10.4 Å². The number of benzene rings is 2. The number of para-hydroxylation sites is 1. The topological polar surface area (TPSA) is 147 Å². The standard InChI is InChI=1S/C41H45F6N9O5S/c1-39(2)36(59)55(27-8-7-25(21-48)31(20-27)40(42,43)44)38(62)56(39)26-9-11-29(12-10-26)61-18-17-52-15-16-53(32(23-52)41(45,46)47)22-28(57)19-24-5-4-6-30-34(24)51(3)50-35(30)54-14-13-33(58)49-37(54)60/h4-8,20,26,29,32H,9-19,22-23H2,1-3H3,(H,49,58,60)/t26?,29?,32-/m0/s1. The van der Waals surface area contributed by atoms with Crippen LogP contribution in [0.5, 0.6) is 0 Å². The Labute approximate surface area is 358 Å². The molecule has 0 spiro atoms. The second-order valence-electron chi connectivity index (χ2n) is 16.6. The average Bonchev–Trinajstić information content (AvgIpc) is 3.63. The summed E-state index contributed by atoms with van der Waals surface area (Å²) in [4.78, 5) is 58.2. The van der Waals surface area contributed by atoms with Gasteiger partial charge in [0.1, 0.15) is 11.6 Å². The van der Waals surface area contributed by atoms with Crippen molar-refractivity contribution in [2.45, 2.75) is 88.5 Å². The summed E-state index contributed by atoms with van der Waals surface area (Å²) in [5.41, 5.74) is -1.88. The van der Waals surface area contributed by atoms with Gasteiger partial charge in [-0.05, 0) is 81.6 Å². The number of amides is 4. The SMILES string of the molecule is Cn1nc(N2CCC(=O)NC2=O)c2cccc(CC(=O)CN3CCN(CCOC4CCC(N5C(=S)N(c6ccc(C#N)c(C(F)(F)F)c6)C(=O)C5(C)C)CC4)C[C@H]3C(F)(F)F)c21. The van der Waals surface area contributed by atoms with E-state index in [0.29, 0.717) is 48.0 Å². The molecule has 21 heteroatoms. The molecule has 0 radical (unpaired) electrons. The summed E-state index contributed by atoms with van der Waals surface area (Å²) in [6.45, 7) is 3.38. The first-order valence-electron chi connectivity index (χ1n) is 20.2. The maximum Gasteiger partial charge on any atom is 0.417 e. The van der Waals surface area contributed by atoms with Gasteiger partial charge in [0.05, 0.1) is 47.7 Å². The van der Waals surface area contributed by atoms with E-state index in [1.807, 2.05) is 0 Å². The minimum absolute atomic E-state index is 0.00509. The summed E-state index contributed by atoms with van der Waals surface area (Å²) in [7, 11) is 1.64. The number of nitriles is 1. The number of urea groups is 1. The summed E-state index contributed by atoms with van der Waals surface area (Å²) >= 11 is 5.69. The van der Waals surface area contributed by atoms with E-state index in [9.17, 15) is 50.8 Å². The summed E-state index contributed by atoms with van der Waals surface area (Å²) < 4.78 is 92.3. The Morgan fingerprint density at radius 1 is 1.03 bits per heavy atom. The van der Waals surface area contributed by atoms with Gasteiger partial charge in [0.25, 0.3) is 5.91 Å². The van der Waals surface area contributed by atoms with E-state index in [1.165, 1.54) is 21.7 Å². The quantitative estimate of drug-likeness (QED) is 0.198. The Morgan fingerprint density at radius 2 is 1.76 bits per heavy atom. The first-order valence-corrected chi connectivity index (χ1v) is 20.6. The summed E-state index contributed by atoms with van der Waals surface area (Å²) in [5, 5.41) is 16.6. The van der Waals surface area contributed by atoms with Gasteiger partial charge in [0.15, 0.2) is 16.7 Å². The summed E-state index contributed by atoms with van der Waals surface area (Å²) in [6, 6.07) is 6.99. The minimum atomic E-state index is -4.82. The number of ketones is 1. The third-order valence-corrected chi connectivity index (χ3v) is 12.5. The zero-order chi connectivity index (χ0) is 44.9. The first kappa shape index (κ1) is 44.9. The molecule has 4 aliphatic rings. The van der Waals surface area contributed by atoms with Crippen molar-refractivity contribution >= 4 is 63.4 Å². The van der Waals surface area contributed by atoms with Crippen molar-refractivity contribution < 1.29 is 50.3 Å². The predicted molar refractivity (Wildman–Crippen MR) is 217 cm³/mol. The number of nitrogens with one attached hydrogen (secondary N) is 1. The van der Waals surface area contributed by atoms with Crippen molar-refractivity contribution in [1.29, 1.82) is 5.26 Å². The van der Waals surface area contributed by atoms with Crippen LogP contribution in [0.1, 0.15) is 62.6 Å². The van der Waals surface area contributed by atoms with Crippen LogP contribution in [0.25, 0.3) is 10.9 Å².